The lowest BCUT2D eigenvalue weighted by Crippen LogP contribution is -2.18. The smallest absolute Gasteiger partial charge is 0.416 e. The molecule has 1 aliphatic rings. The van der Waals surface area contributed by atoms with Crippen molar-refractivity contribution in [1.29, 1.82) is 0 Å². The van der Waals surface area contributed by atoms with Crippen LogP contribution in [0.5, 0.6) is 11.5 Å². The van der Waals surface area contributed by atoms with E-state index in [2.05, 4.69) is 10.3 Å². The zero-order valence-electron chi connectivity index (χ0n) is 18.2. The molecular formula is C23H20F3N3O4S. The van der Waals surface area contributed by atoms with Gasteiger partial charge in [-0.05, 0) is 48.0 Å². The van der Waals surface area contributed by atoms with Crippen molar-refractivity contribution in [2.24, 2.45) is 10.3 Å². The van der Waals surface area contributed by atoms with E-state index in [-0.39, 0.29) is 16.3 Å². The van der Waals surface area contributed by atoms with Crippen molar-refractivity contribution in [2.45, 2.75) is 22.0 Å². The van der Waals surface area contributed by atoms with Crippen LogP contribution >= 0.6 is 0 Å². The number of alkyl halides is 3. The van der Waals surface area contributed by atoms with Crippen LogP contribution < -0.4 is 14.5 Å². The number of hydrogen-bond acceptors (Lipinski definition) is 7. The van der Waals surface area contributed by atoms with E-state index >= 15 is 0 Å². The third-order valence-corrected chi connectivity index (χ3v) is 7.21. The van der Waals surface area contributed by atoms with Crippen LogP contribution in [0, 0.1) is 0 Å². The molecule has 34 heavy (non-hydrogen) atoms. The van der Waals surface area contributed by atoms with E-state index in [4.69, 9.17) is 9.47 Å². The van der Waals surface area contributed by atoms with Crippen molar-refractivity contribution in [3.8, 4) is 11.5 Å². The van der Waals surface area contributed by atoms with Crippen molar-refractivity contribution in [3.63, 3.8) is 0 Å². The molecule has 7 nitrogen and oxygen atoms in total. The highest BCUT2D eigenvalue weighted by Crippen LogP contribution is 2.39. The maximum absolute atomic E-state index is 13.3. The number of methoxy groups -OCH3 is 2. The first-order valence-electron chi connectivity index (χ1n) is 10.1. The van der Waals surface area contributed by atoms with Gasteiger partial charge in [-0.15, -0.1) is 0 Å². The quantitative estimate of drug-likeness (QED) is 0.456. The van der Waals surface area contributed by atoms with Crippen molar-refractivity contribution >= 4 is 15.5 Å². The number of rotatable bonds is 6. The summed E-state index contributed by atoms with van der Waals surface area (Å²) in [4.78, 5) is -0.279. The molecule has 0 fully saturated rings. The number of sulfone groups is 1. The van der Waals surface area contributed by atoms with Gasteiger partial charge >= 0.3 is 6.18 Å². The predicted octanol–water partition coefficient (Wildman–Crippen LogP) is 5.48. The summed E-state index contributed by atoms with van der Waals surface area (Å²) in [5.41, 5.74) is 0.0900. The van der Waals surface area contributed by atoms with Gasteiger partial charge in [-0.1, -0.05) is 23.4 Å². The van der Waals surface area contributed by atoms with Crippen LogP contribution in [-0.4, -0.2) is 29.2 Å². The van der Waals surface area contributed by atoms with E-state index in [0.717, 1.165) is 24.3 Å². The Hall–Kier alpha value is -3.60. The Morgan fingerprint density at radius 3 is 2.32 bits per heavy atom. The predicted molar refractivity (Wildman–Crippen MR) is 118 cm³/mol. The van der Waals surface area contributed by atoms with E-state index in [0.29, 0.717) is 22.7 Å². The molecule has 178 valence electrons. The average molecular weight is 491 g/mol. The van der Waals surface area contributed by atoms with Gasteiger partial charge in [0.15, 0.2) is 0 Å². The van der Waals surface area contributed by atoms with Gasteiger partial charge in [0.1, 0.15) is 23.2 Å². The zero-order chi connectivity index (χ0) is 24.5. The van der Waals surface area contributed by atoms with Crippen LogP contribution in [-0.2, 0) is 16.0 Å². The molecule has 0 radical (unpaired) electrons. The van der Waals surface area contributed by atoms with Crippen molar-refractivity contribution in [3.05, 3.63) is 77.9 Å². The number of anilines is 1. The molecule has 0 saturated heterocycles. The highest BCUT2D eigenvalue weighted by Gasteiger charge is 2.33. The maximum Gasteiger partial charge on any atom is 0.416 e. The second-order valence-electron chi connectivity index (χ2n) is 7.40. The Kier molecular flexibility index (Phi) is 6.22. The van der Waals surface area contributed by atoms with E-state index < -0.39 is 27.6 Å². The van der Waals surface area contributed by atoms with Gasteiger partial charge in [-0.2, -0.15) is 18.3 Å². The summed E-state index contributed by atoms with van der Waals surface area (Å²) in [6, 6.07) is 14.2. The molecule has 4 rings (SSSR count). The first kappa shape index (κ1) is 23.6. The first-order valence-corrected chi connectivity index (χ1v) is 11.5. The molecule has 11 heteroatoms. The second-order valence-corrected chi connectivity index (χ2v) is 9.32. The van der Waals surface area contributed by atoms with Crippen molar-refractivity contribution in [1.82, 2.24) is 0 Å². The molecular weight excluding hydrogens is 471 g/mol. The Morgan fingerprint density at radius 2 is 1.68 bits per heavy atom. The molecule has 1 atom stereocenters. The van der Waals surface area contributed by atoms with Crippen LogP contribution in [0.4, 0.5) is 18.9 Å². The number of ether oxygens (including phenoxy) is 2. The number of halogens is 3. The average Bonchev–Trinajstić information content (AvgIpc) is 3.33. The fourth-order valence-corrected chi connectivity index (χ4v) is 5.14. The highest BCUT2D eigenvalue weighted by molar-refractivity contribution is 7.91. The molecule has 0 aliphatic carbocycles. The summed E-state index contributed by atoms with van der Waals surface area (Å²) in [5, 5.41) is 10.0. The standard InChI is InChI=1S/C23H20F3N3O4S/c1-32-16-9-12-20(21(13-16)33-2)29-14-19(27-28-29)18-5-3-4-6-22(18)34(30,31)17-10-7-15(8-11-17)23(24,25)26/h3-13,19H,14H2,1-2H3. The molecule has 0 amide bonds. The van der Waals surface area contributed by atoms with Crippen LogP contribution in [0.15, 0.2) is 86.9 Å². The van der Waals surface area contributed by atoms with Crippen LogP contribution in [0.1, 0.15) is 17.2 Å². The lowest BCUT2D eigenvalue weighted by atomic mass is 10.1. The zero-order valence-corrected chi connectivity index (χ0v) is 19.0. The second kappa shape index (κ2) is 8.98. The lowest BCUT2D eigenvalue weighted by Gasteiger charge is -2.18. The topological polar surface area (TPSA) is 80.6 Å². The molecule has 0 bridgehead atoms. The van der Waals surface area contributed by atoms with E-state index in [9.17, 15) is 21.6 Å². The molecule has 0 aromatic heterocycles. The summed E-state index contributed by atoms with van der Waals surface area (Å²) in [6.07, 6.45) is -4.56. The molecule has 1 heterocycles. The minimum atomic E-state index is -4.56. The van der Waals surface area contributed by atoms with Crippen molar-refractivity contribution in [2.75, 3.05) is 25.8 Å². The summed E-state index contributed by atoms with van der Waals surface area (Å²) >= 11 is 0. The van der Waals surface area contributed by atoms with Crippen molar-refractivity contribution < 1.29 is 31.1 Å². The highest BCUT2D eigenvalue weighted by atomic mass is 32.2. The van der Waals surface area contributed by atoms with Crippen LogP contribution in [0.25, 0.3) is 0 Å². The van der Waals surface area contributed by atoms with Gasteiger partial charge in [0, 0.05) is 6.07 Å². The molecule has 0 saturated carbocycles. The van der Waals surface area contributed by atoms with Gasteiger partial charge in [0.25, 0.3) is 0 Å². The largest absolute Gasteiger partial charge is 0.497 e. The molecule has 0 spiro atoms. The van der Waals surface area contributed by atoms with Crippen LogP contribution in [0.3, 0.4) is 0 Å². The lowest BCUT2D eigenvalue weighted by molar-refractivity contribution is -0.137. The Balaban J connectivity index is 1.65. The maximum atomic E-state index is 13.3. The molecule has 0 N–H and O–H groups in total. The van der Waals surface area contributed by atoms with Gasteiger partial charge in [0.05, 0.1) is 36.1 Å². The molecule has 3 aromatic carbocycles. The summed E-state index contributed by atoms with van der Waals surface area (Å²) in [6.45, 7) is 0.238. The summed E-state index contributed by atoms with van der Waals surface area (Å²) in [5.74, 6) is 1.10. The molecule has 1 unspecified atom stereocenters. The fraction of sp³-hybridized carbons (Fsp3) is 0.217. The minimum Gasteiger partial charge on any atom is -0.497 e. The van der Waals surface area contributed by atoms with Crippen LogP contribution in [0.2, 0.25) is 0 Å². The van der Waals surface area contributed by atoms with Gasteiger partial charge in [-0.25, -0.2) is 13.4 Å². The summed E-state index contributed by atoms with van der Waals surface area (Å²) < 4.78 is 75.9. The molecule has 1 aliphatic heterocycles. The number of nitrogens with zero attached hydrogens (tertiary/aromatic N) is 3. The van der Waals surface area contributed by atoms with Gasteiger partial charge in [-0.3, -0.25) is 0 Å². The van der Waals surface area contributed by atoms with Gasteiger partial charge in [0.2, 0.25) is 9.84 Å². The summed E-state index contributed by atoms with van der Waals surface area (Å²) in [7, 11) is -1.06. The Bertz CT molecular complexity index is 1330. The first-order chi connectivity index (χ1) is 16.1. The third-order valence-electron chi connectivity index (χ3n) is 5.37. The fourth-order valence-electron chi connectivity index (χ4n) is 3.62. The van der Waals surface area contributed by atoms with E-state index in [1.54, 1.807) is 41.4 Å². The Morgan fingerprint density at radius 1 is 0.971 bits per heavy atom. The SMILES string of the molecule is COc1ccc(N2CC(c3ccccc3S(=O)(=O)c3ccc(C(F)(F)F)cc3)N=N2)c(OC)c1. The van der Waals surface area contributed by atoms with E-state index in [1.165, 1.54) is 20.3 Å². The Labute approximate surface area is 194 Å². The minimum absolute atomic E-state index is 0.0396. The number of hydrogen-bond donors (Lipinski definition) is 0. The number of benzene rings is 3. The monoisotopic (exact) mass is 491 g/mol. The third kappa shape index (κ3) is 4.43. The normalized spacial score (nSPS) is 16.0. The van der Waals surface area contributed by atoms with E-state index in [1.807, 2.05) is 0 Å². The van der Waals surface area contributed by atoms with Gasteiger partial charge < -0.3 is 9.47 Å². The molecule has 3 aromatic rings.